The highest BCUT2D eigenvalue weighted by atomic mass is 16.3. The zero-order chi connectivity index (χ0) is 44.9. The molecule has 3 aliphatic heterocycles. The minimum Gasteiger partial charge on any atom is -0.382 e. The van der Waals surface area contributed by atoms with Gasteiger partial charge >= 0.3 is 0 Å². The smallest absolute Gasteiger partial charge is 0.259 e. The lowest BCUT2D eigenvalue weighted by molar-refractivity contribution is -0.139. The number of fused-ring (bicyclic) bond motifs is 1. The van der Waals surface area contributed by atoms with E-state index in [0.29, 0.717) is 46.7 Å². The van der Waals surface area contributed by atoms with E-state index in [1.807, 2.05) is 45.0 Å². The first-order chi connectivity index (χ1) is 30.2. The van der Waals surface area contributed by atoms with Gasteiger partial charge in [0, 0.05) is 110 Å². The Morgan fingerprint density at radius 1 is 0.984 bits per heavy atom. The van der Waals surface area contributed by atoms with Gasteiger partial charge in [-0.05, 0) is 81.6 Å². The van der Waals surface area contributed by atoms with Crippen molar-refractivity contribution >= 4 is 52.9 Å². The van der Waals surface area contributed by atoms with Crippen LogP contribution in [-0.2, 0) is 20.9 Å². The second kappa shape index (κ2) is 19.0. The molecule has 2 saturated heterocycles. The molecule has 5 heterocycles. The van der Waals surface area contributed by atoms with Crippen molar-refractivity contribution in [2.45, 2.75) is 65.4 Å². The number of hydrogen-bond acceptors (Lipinski definition) is 13. The number of imide groups is 1. The Kier molecular flexibility index (Phi) is 13.3. The molecule has 5 amide bonds. The van der Waals surface area contributed by atoms with Crippen molar-refractivity contribution in [3.8, 4) is 11.1 Å². The molecule has 2 unspecified atom stereocenters. The van der Waals surface area contributed by atoms with Gasteiger partial charge in [0.1, 0.15) is 11.9 Å². The molecule has 8 N–H and O–H groups in total. The zero-order valence-corrected chi connectivity index (χ0v) is 35.8. The number of anilines is 3. The Morgan fingerprint density at radius 3 is 2.44 bits per heavy atom. The molecule has 3 aliphatic rings. The normalized spacial score (nSPS) is 17.7. The van der Waals surface area contributed by atoms with Gasteiger partial charge in [0.2, 0.25) is 17.7 Å². The second-order valence-corrected chi connectivity index (χ2v) is 16.3. The molecule has 18 nitrogen and oxygen atoms in total. The molecular weight excluding hydrogens is 807 g/mol. The summed E-state index contributed by atoms with van der Waals surface area (Å²) in [6.07, 6.45) is 1.75. The van der Waals surface area contributed by atoms with Gasteiger partial charge in [-0.25, -0.2) is 4.98 Å². The third-order valence-electron chi connectivity index (χ3n) is 11.5. The van der Waals surface area contributed by atoms with Crippen molar-refractivity contribution < 1.29 is 29.1 Å². The summed E-state index contributed by atoms with van der Waals surface area (Å²) in [7, 11) is 0. The predicted octanol–water partition coefficient (Wildman–Crippen LogP) is 2.40. The molecule has 2 atom stereocenters. The fourth-order valence-electron chi connectivity index (χ4n) is 8.32. The molecule has 0 saturated carbocycles. The van der Waals surface area contributed by atoms with E-state index in [-0.39, 0.29) is 49.0 Å². The van der Waals surface area contributed by atoms with Gasteiger partial charge in [-0.3, -0.25) is 43.9 Å². The summed E-state index contributed by atoms with van der Waals surface area (Å²) < 4.78 is 0. The lowest BCUT2D eigenvalue weighted by atomic mass is 9.97. The minimum atomic E-state index is -1.36. The molecule has 4 aromatic rings. The maximum absolute atomic E-state index is 13.7. The van der Waals surface area contributed by atoms with Crippen LogP contribution in [0, 0.1) is 19.3 Å². The van der Waals surface area contributed by atoms with Crippen LogP contribution in [0.2, 0.25) is 0 Å². The number of amides is 5. The standard InChI is InChI=1S/C45H53N11O7/c1-25(2)51-35-20-29(19-31(32(35)21-46)41(59)50-23-33-26(3)18-27(4)52-42(33)60)28-8-10-37(49-22-28)55-16-14-54(15-17-55)13-12-47-39(58)24-48-34-7-5-6-30-40(34)45(63)56(44(30)62)36-9-11-38(57)53-43(36)61/h5-8,10,18-22,25,36,44,46,48,51,62H,9,11-17,23-24H2,1-4H3,(H,47,58)(H,50,59)(H,52,60)(H,53,57,61). The zero-order valence-electron chi connectivity index (χ0n) is 35.8. The maximum atomic E-state index is 13.7. The second-order valence-electron chi connectivity index (χ2n) is 16.3. The first-order valence-electron chi connectivity index (χ1n) is 21.1. The SMILES string of the molecule is Cc1cc(C)c(CNC(=O)c2cc(-c3ccc(N4CCN(CCNC(=O)CNc5cccc6c5C(=O)N(C5CCC(=O)NC5=O)C6O)CC4)nc3)cc(NC(C)C)c2C=N)c(=O)[nH]1. The van der Waals surface area contributed by atoms with Crippen LogP contribution in [-0.4, -0.2) is 119 Å². The fourth-order valence-corrected chi connectivity index (χ4v) is 8.32. The number of H-pyrrole nitrogens is 1. The molecular formula is C45H53N11O7. The number of rotatable bonds is 15. The Balaban J connectivity index is 0.908. The quantitative estimate of drug-likeness (QED) is 0.0635. The van der Waals surface area contributed by atoms with E-state index in [1.54, 1.807) is 37.4 Å². The van der Waals surface area contributed by atoms with Gasteiger partial charge in [0.25, 0.3) is 17.4 Å². The number of aromatic amines is 1. The molecule has 63 heavy (non-hydrogen) atoms. The summed E-state index contributed by atoms with van der Waals surface area (Å²) in [5.74, 6) is -1.47. The number of nitrogens with zero attached hydrogens (tertiary/aromatic N) is 4. The van der Waals surface area contributed by atoms with Gasteiger partial charge in [-0.2, -0.15) is 0 Å². The number of carbonyl (C=O) groups is 5. The number of aryl methyl sites for hydroxylation is 2. The van der Waals surface area contributed by atoms with Crippen LogP contribution in [0.3, 0.4) is 0 Å². The van der Waals surface area contributed by atoms with Gasteiger partial charge in [-0.1, -0.05) is 12.1 Å². The topological polar surface area (TPSA) is 245 Å². The van der Waals surface area contributed by atoms with Crippen molar-refractivity contribution in [3.05, 3.63) is 104 Å². The van der Waals surface area contributed by atoms with Gasteiger partial charge in [0.15, 0.2) is 6.23 Å². The van der Waals surface area contributed by atoms with Crippen LogP contribution in [0.5, 0.6) is 0 Å². The Morgan fingerprint density at radius 2 is 1.76 bits per heavy atom. The number of aliphatic hydroxyl groups is 1. The largest absolute Gasteiger partial charge is 0.382 e. The van der Waals surface area contributed by atoms with E-state index >= 15 is 0 Å². The third-order valence-corrected chi connectivity index (χ3v) is 11.5. The highest BCUT2D eigenvalue weighted by Gasteiger charge is 2.45. The molecule has 2 aromatic carbocycles. The fraction of sp³-hybridized carbons (Fsp3) is 0.378. The van der Waals surface area contributed by atoms with Crippen LogP contribution in [0.25, 0.3) is 11.1 Å². The minimum absolute atomic E-state index is 0.0319. The Bertz CT molecular complexity index is 2500. The molecule has 2 aromatic heterocycles. The Hall–Kier alpha value is -6.92. The van der Waals surface area contributed by atoms with Gasteiger partial charge in [-0.15, -0.1) is 0 Å². The number of pyridine rings is 2. The maximum Gasteiger partial charge on any atom is 0.259 e. The van der Waals surface area contributed by atoms with Crippen LogP contribution >= 0.6 is 0 Å². The number of aromatic nitrogens is 2. The number of benzene rings is 2. The molecule has 0 radical (unpaired) electrons. The van der Waals surface area contributed by atoms with Crippen molar-refractivity contribution in [1.82, 2.24) is 35.7 Å². The van der Waals surface area contributed by atoms with Crippen LogP contribution < -0.4 is 37.0 Å². The molecule has 0 spiro atoms. The summed E-state index contributed by atoms with van der Waals surface area (Å²) in [5, 5.41) is 33.5. The number of carbonyl (C=O) groups excluding carboxylic acids is 5. The van der Waals surface area contributed by atoms with E-state index in [9.17, 15) is 33.9 Å². The summed E-state index contributed by atoms with van der Waals surface area (Å²) in [6.45, 7) is 11.5. The average molecular weight is 860 g/mol. The number of aliphatic hydroxyl groups excluding tert-OH is 1. The van der Waals surface area contributed by atoms with Crippen LogP contribution in [0.1, 0.15) is 81.6 Å². The van der Waals surface area contributed by atoms with E-state index < -0.39 is 35.9 Å². The predicted molar refractivity (Wildman–Crippen MR) is 238 cm³/mol. The lowest BCUT2D eigenvalue weighted by Crippen LogP contribution is -2.53. The van der Waals surface area contributed by atoms with Crippen molar-refractivity contribution in [1.29, 1.82) is 5.41 Å². The van der Waals surface area contributed by atoms with E-state index in [2.05, 4.69) is 41.4 Å². The molecule has 2 fully saturated rings. The van der Waals surface area contributed by atoms with Crippen molar-refractivity contribution in [3.63, 3.8) is 0 Å². The Labute approximate surface area is 364 Å². The lowest BCUT2D eigenvalue weighted by Gasteiger charge is -2.35. The molecule has 0 bridgehead atoms. The van der Waals surface area contributed by atoms with Gasteiger partial charge < -0.3 is 41.7 Å². The highest BCUT2D eigenvalue weighted by molar-refractivity contribution is 6.09. The number of piperazine rings is 1. The van der Waals surface area contributed by atoms with E-state index in [1.165, 1.54) is 0 Å². The molecule has 18 heteroatoms. The molecule has 7 rings (SSSR count). The number of piperidine rings is 1. The van der Waals surface area contributed by atoms with Gasteiger partial charge in [0.05, 0.1) is 17.7 Å². The number of nitrogens with one attached hydrogen (secondary N) is 7. The molecule has 330 valence electrons. The summed E-state index contributed by atoms with van der Waals surface area (Å²) in [4.78, 5) is 89.7. The van der Waals surface area contributed by atoms with Crippen LogP contribution in [0.15, 0.2) is 59.5 Å². The molecule has 0 aliphatic carbocycles. The highest BCUT2D eigenvalue weighted by Crippen LogP contribution is 2.39. The van der Waals surface area contributed by atoms with Crippen molar-refractivity contribution in [2.24, 2.45) is 0 Å². The summed E-state index contributed by atoms with van der Waals surface area (Å²) in [5.41, 5.74) is 5.53. The monoisotopic (exact) mass is 859 g/mol. The van der Waals surface area contributed by atoms with E-state index in [0.717, 1.165) is 65.5 Å². The number of hydrogen-bond donors (Lipinski definition) is 8. The third kappa shape index (κ3) is 9.76. The van der Waals surface area contributed by atoms with Crippen LogP contribution in [0.4, 0.5) is 17.2 Å². The first-order valence-corrected chi connectivity index (χ1v) is 21.1. The summed E-state index contributed by atoms with van der Waals surface area (Å²) in [6, 6.07) is 13.4. The average Bonchev–Trinajstić information content (AvgIpc) is 3.51. The van der Waals surface area contributed by atoms with E-state index in [4.69, 9.17) is 10.4 Å². The van der Waals surface area contributed by atoms with Crippen molar-refractivity contribution in [2.75, 3.05) is 61.3 Å². The first kappa shape index (κ1) is 44.1. The summed E-state index contributed by atoms with van der Waals surface area (Å²) >= 11 is 0.